The van der Waals surface area contributed by atoms with Crippen molar-refractivity contribution in [3.05, 3.63) is 71.8 Å². The summed E-state index contributed by atoms with van der Waals surface area (Å²) in [6.07, 6.45) is -24.0. The van der Waals surface area contributed by atoms with E-state index in [4.69, 9.17) is 101 Å². The normalized spacial score (nSPS) is 30.2. The van der Waals surface area contributed by atoms with Gasteiger partial charge in [-0.15, -0.1) is 0 Å². The van der Waals surface area contributed by atoms with Gasteiger partial charge in [0.25, 0.3) is 0 Å². The van der Waals surface area contributed by atoms with Crippen molar-refractivity contribution < 1.29 is 105 Å². The van der Waals surface area contributed by atoms with Crippen LogP contribution in [0.15, 0.2) is 60.7 Å². The number of carbonyl (C=O) groups excluding carboxylic acids is 7. The van der Waals surface area contributed by atoms with Crippen molar-refractivity contribution in [1.82, 2.24) is 5.32 Å². The molecule has 15 atom stereocenters. The predicted octanol–water partition coefficient (Wildman–Crippen LogP) is 3.43. The maximum Gasteiger partial charge on any atom is 0.407 e. The molecule has 0 radical (unpaired) electrons. The molecule has 73 heavy (non-hydrogen) atoms. The van der Waals surface area contributed by atoms with Gasteiger partial charge >= 0.3 is 41.9 Å². The van der Waals surface area contributed by atoms with Crippen molar-refractivity contribution in [2.45, 2.75) is 158 Å². The van der Waals surface area contributed by atoms with Crippen molar-refractivity contribution in [1.29, 1.82) is 0 Å². The van der Waals surface area contributed by atoms with E-state index in [2.05, 4.69) is 5.32 Å². The van der Waals surface area contributed by atoms with Gasteiger partial charge in [0.2, 0.25) is 3.79 Å². The molecular weight excluding hydrogens is 1040 g/mol. The van der Waals surface area contributed by atoms with E-state index in [0.717, 1.165) is 47.1 Å². The molecule has 1 unspecified atom stereocenters. The lowest BCUT2D eigenvalue weighted by atomic mass is 9.94. The second-order valence-corrected chi connectivity index (χ2v) is 19.3. The topological polar surface area (TPSA) is 281 Å². The van der Waals surface area contributed by atoms with Crippen LogP contribution in [0.4, 0.5) is 4.79 Å². The molecule has 23 nitrogen and oxygen atoms in total. The number of aliphatic hydroxyl groups is 1. The molecule has 0 aliphatic carbocycles. The number of carbonyl (C=O) groups is 7. The smallest absolute Gasteiger partial charge is 0.407 e. The molecule has 0 spiro atoms. The first kappa shape index (κ1) is 59.0. The van der Waals surface area contributed by atoms with Gasteiger partial charge in [-0.2, -0.15) is 0 Å². The molecule has 0 bridgehead atoms. The van der Waals surface area contributed by atoms with Crippen LogP contribution in [-0.2, 0) is 108 Å². The summed E-state index contributed by atoms with van der Waals surface area (Å²) < 4.78 is 81.5. The summed E-state index contributed by atoms with van der Waals surface area (Å²) in [6, 6.07) is 15.9. The molecule has 2 aromatic carbocycles. The fourth-order valence-electron chi connectivity index (χ4n) is 8.04. The van der Waals surface area contributed by atoms with Crippen molar-refractivity contribution in [3.8, 4) is 0 Å². The number of alkyl carbamates (subject to hydrolysis) is 1. The van der Waals surface area contributed by atoms with Crippen molar-refractivity contribution in [2.24, 2.45) is 0 Å². The van der Waals surface area contributed by atoms with Crippen LogP contribution in [0.1, 0.15) is 59.6 Å². The van der Waals surface area contributed by atoms with Crippen LogP contribution in [0, 0.1) is 0 Å². The van der Waals surface area contributed by atoms with E-state index < -0.39 is 158 Å². The molecule has 2 aromatic rings. The number of aliphatic hydroxyl groups excluding tert-OH is 1. The zero-order valence-corrected chi connectivity index (χ0v) is 42.9. The molecule has 2 N–H and O–H groups in total. The molecule has 3 fully saturated rings. The lowest BCUT2D eigenvalue weighted by molar-refractivity contribution is -0.374. The second-order valence-electron chi connectivity index (χ2n) is 16.8. The van der Waals surface area contributed by atoms with E-state index in [1.165, 1.54) is 6.92 Å². The fraction of sp³-hybridized carbons (Fsp3) is 0.596. The molecule has 3 aliphatic heterocycles. The number of benzene rings is 2. The lowest BCUT2D eigenvalue weighted by Crippen LogP contribution is -2.70. The van der Waals surface area contributed by atoms with E-state index in [0.29, 0.717) is 5.56 Å². The summed E-state index contributed by atoms with van der Waals surface area (Å²) in [6.45, 7) is 5.86. The quantitative estimate of drug-likeness (QED) is 0.109. The Morgan fingerprint density at radius 3 is 1.58 bits per heavy atom. The molecule has 3 heterocycles. The maximum absolute atomic E-state index is 13.6. The molecule has 3 aliphatic rings. The Hall–Kier alpha value is -4.92. The minimum Gasteiger partial charge on any atom is -0.463 e. The van der Waals surface area contributed by atoms with Gasteiger partial charge in [0.05, 0.1) is 25.9 Å². The molecule has 26 heteroatoms. The van der Waals surface area contributed by atoms with Gasteiger partial charge in [-0.1, -0.05) is 95.5 Å². The van der Waals surface area contributed by atoms with Gasteiger partial charge in [-0.05, 0) is 18.1 Å². The Morgan fingerprint density at radius 2 is 1.03 bits per heavy atom. The average Bonchev–Trinajstić information content (AvgIpc) is 3.30. The van der Waals surface area contributed by atoms with E-state index in [1.54, 1.807) is 60.7 Å². The van der Waals surface area contributed by atoms with Crippen LogP contribution in [0.5, 0.6) is 0 Å². The molecular formula is C47H58Cl3NO22. The van der Waals surface area contributed by atoms with Gasteiger partial charge < -0.3 is 76.7 Å². The van der Waals surface area contributed by atoms with Crippen molar-refractivity contribution >= 4 is 76.7 Å². The Bertz CT molecular complexity index is 2170. The van der Waals surface area contributed by atoms with Crippen LogP contribution in [0.2, 0.25) is 0 Å². The highest BCUT2D eigenvalue weighted by molar-refractivity contribution is 6.67. The zero-order valence-electron chi connectivity index (χ0n) is 40.6. The summed E-state index contributed by atoms with van der Waals surface area (Å²) in [5.74, 6) is -5.22. The number of halogens is 3. The third kappa shape index (κ3) is 18.2. The largest absolute Gasteiger partial charge is 0.463 e. The number of rotatable bonds is 20. The van der Waals surface area contributed by atoms with E-state index in [1.807, 2.05) is 0 Å². The number of hydrogen-bond acceptors (Lipinski definition) is 22. The first-order chi connectivity index (χ1) is 34.5. The Kier molecular flexibility index (Phi) is 22.3. The Labute approximate surface area is 434 Å². The van der Waals surface area contributed by atoms with Gasteiger partial charge in [0.15, 0.2) is 49.4 Å². The lowest BCUT2D eigenvalue weighted by Gasteiger charge is -2.50. The summed E-state index contributed by atoms with van der Waals surface area (Å²) in [4.78, 5) is 89.3. The van der Waals surface area contributed by atoms with Crippen LogP contribution < -0.4 is 5.32 Å². The van der Waals surface area contributed by atoms with Crippen LogP contribution >= 0.6 is 34.8 Å². The molecule has 0 saturated carbocycles. The molecule has 0 aromatic heterocycles. The van der Waals surface area contributed by atoms with Crippen molar-refractivity contribution in [3.63, 3.8) is 0 Å². The predicted molar refractivity (Wildman–Crippen MR) is 248 cm³/mol. The Morgan fingerprint density at radius 1 is 0.548 bits per heavy atom. The third-order valence-electron chi connectivity index (χ3n) is 10.9. The number of hydrogen-bond donors (Lipinski definition) is 2. The Balaban J connectivity index is 1.69. The SMILES string of the molecule is CC(=O)OC[C@H]1O[C@@H](O[C@H]2[C@H](O[C@@H]3O[C@@H](C)[C@@H](OC(C)=O)[C@@H](OC(C)=O)[C@@H]3OCc3ccccc3)[C@@H](COCc3ccccc3)OC(O)[C@@H]2NC(=O)OCC(Cl)(Cl)Cl)[C@H](OC(C)=O)[C@@H](OC(C)=O)[C@H]1OC(C)=O. The first-order valence-corrected chi connectivity index (χ1v) is 23.8. The zero-order chi connectivity index (χ0) is 53.6. The van der Waals surface area contributed by atoms with Gasteiger partial charge in [0, 0.05) is 41.5 Å². The number of nitrogens with one attached hydrogen (secondary N) is 1. The van der Waals surface area contributed by atoms with Gasteiger partial charge in [-0.3, -0.25) is 28.8 Å². The highest BCUT2D eigenvalue weighted by Gasteiger charge is 2.58. The van der Waals surface area contributed by atoms with E-state index in [9.17, 15) is 38.7 Å². The van der Waals surface area contributed by atoms with Crippen LogP contribution in [0.25, 0.3) is 0 Å². The summed E-state index contributed by atoms with van der Waals surface area (Å²) in [7, 11) is 0. The number of esters is 6. The second kappa shape index (κ2) is 27.6. The number of alkyl halides is 3. The minimum absolute atomic E-state index is 0.0157. The number of amides is 1. The summed E-state index contributed by atoms with van der Waals surface area (Å²) in [5.41, 5.74) is 1.36. The fourth-order valence-corrected chi connectivity index (χ4v) is 8.20. The van der Waals surface area contributed by atoms with E-state index >= 15 is 0 Å². The highest BCUT2D eigenvalue weighted by atomic mass is 35.6. The monoisotopic (exact) mass is 1090 g/mol. The van der Waals surface area contributed by atoms with Gasteiger partial charge in [0.1, 0.15) is 49.8 Å². The minimum atomic E-state index is -2.11. The van der Waals surface area contributed by atoms with Crippen molar-refractivity contribution in [2.75, 3.05) is 19.8 Å². The molecule has 404 valence electrons. The van der Waals surface area contributed by atoms with E-state index in [-0.39, 0.29) is 13.2 Å². The maximum atomic E-state index is 13.6. The van der Waals surface area contributed by atoms with Crippen LogP contribution in [0.3, 0.4) is 0 Å². The van der Waals surface area contributed by atoms with Gasteiger partial charge in [-0.25, -0.2) is 4.79 Å². The molecule has 3 saturated heterocycles. The third-order valence-corrected chi connectivity index (χ3v) is 11.2. The number of ether oxygens (including phenoxy) is 14. The molecule has 1 amide bonds. The average molecular weight is 1100 g/mol. The summed E-state index contributed by atoms with van der Waals surface area (Å²) in [5, 5.41) is 14.3. The molecule has 5 rings (SSSR count). The first-order valence-electron chi connectivity index (χ1n) is 22.7. The summed E-state index contributed by atoms with van der Waals surface area (Å²) >= 11 is 17.6. The highest BCUT2D eigenvalue weighted by Crippen LogP contribution is 2.38. The standard InChI is InChI=1S/C47H58Cl3NO22/c1-23-35(65-25(3)53)39(67-27(5)55)41(62-19-31-16-12-9-13-17-31)44(64-23)72-36-32(20-60-18-30-14-10-8-11-15-30)70-43(58)34(51-46(59)63-22-47(48,49)50)38(36)73-45-42(69-29(7)57)40(68-28(6)56)37(66-26(4)54)33(71-45)21-61-24(2)52/h8-17,23,32-45,58H,18-22H2,1-7H3,(H,51,59)/t23-,32+,33+,34+,35+,36+,37-,38+,39+,40-,41-,42+,43?,44-,45-/m0/s1. The van der Waals surface area contributed by atoms with Crippen LogP contribution in [-0.4, -0.2) is 163 Å².